The van der Waals surface area contributed by atoms with Gasteiger partial charge in [0.1, 0.15) is 16.5 Å². The van der Waals surface area contributed by atoms with Crippen molar-refractivity contribution in [3.63, 3.8) is 0 Å². The van der Waals surface area contributed by atoms with Crippen LogP contribution in [0, 0.1) is 32.1 Å². The number of benzene rings is 3. The van der Waals surface area contributed by atoms with E-state index in [1.165, 1.54) is 10.8 Å². The fourth-order valence-electron chi connectivity index (χ4n) is 4.64. The molecule has 0 radical (unpaired) electrons. The van der Waals surface area contributed by atoms with Crippen LogP contribution in [0.5, 0.6) is 0 Å². The van der Waals surface area contributed by atoms with Gasteiger partial charge in [0, 0.05) is 11.3 Å². The average Bonchev–Trinajstić information content (AvgIpc) is 3.61. The van der Waals surface area contributed by atoms with Crippen LogP contribution in [-0.4, -0.2) is 16.4 Å². The first-order valence-electron chi connectivity index (χ1n) is 13.5. The summed E-state index contributed by atoms with van der Waals surface area (Å²) in [4.78, 5) is 39.9. The number of hydrogen-bond donors (Lipinski definition) is 2. The minimum absolute atomic E-state index is 0.0933. The number of aromatic nitrogens is 1. The van der Waals surface area contributed by atoms with Crippen LogP contribution < -0.4 is 25.4 Å². The van der Waals surface area contributed by atoms with Crippen LogP contribution in [0.4, 0.5) is 5.69 Å². The highest BCUT2D eigenvalue weighted by atomic mass is 32.1. The summed E-state index contributed by atoms with van der Waals surface area (Å²) in [6.07, 6.45) is 3.19. The van der Waals surface area contributed by atoms with Crippen LogP contribution in [0.15, 0.2) is 94.3 Å². The minimum Gasteiger partial charge on any atom is -0.467 e. The molecule has 0 saturated heterocycles. The number of furan rings is 1. The molecule has 0 aliphatic rings. The van der Waals surface area contributed by atoms with E-state index in [2.05, 4.69) is 10.6 Å². The van der Waals surface area contributed by atoms with Crippen LogP contribution in [-0.2, 0) is 11.3 Å². The van der Waals surface area contributed by atoms with Crippen LogP contribution in [0.1, 0.15) is 38.4 Å². The molecule has 5 rings (SSSR count). The Balaban J connectivity index is 1.60. The first kappa shape index (κ1) is 29.0. The van der Waals surface area contributed by atoms with E-state index < -0.39 is 5.91 Å². The van der Waals surface area contributed by atoms with Gasteiger partial charge < -0.3 is 15.1 Å². The zero-order valence-corrected chi connectivity index (χ0v) is 24.6. The van der Waals surface area contributed by atoms with Gasteiger partial charge in [0.15, 0.2) is 5.57 Å². The second kappa shape index (κ2) is 12.6. The lowest BCUT2D eigenvalue weighted by atomic mass is 10.1. The van der Waals surface area contributed by atoms with Crippen molar-refractivity contribution in [1.29, 1.82) is 5.26 Å². The standard InChI is InChI=1S/C34H28N4O4S/c1-21-12-14-25(15-13-21)31(39)37-26-10-5-9-24(17-26)18-29-33(41)38(30-22(2)7-4-8-23(30)3)34(43-29)28(19-35)32(40)36-20-27-11-6-16-42-27/h4-18H,20H2,1-3H3,(H,36,40)(H,37,39)/b29-18-,34-28-. The Morgan fingerprint density at radius 1 is 0.977 bits per heavy atom. The summed E-state index contributed by atoms with van der Waals surface area (Å²) in [5.74, 6) is -0.332. The normalized spacial score (nSPS) is 12.0. The fraction of sp³-hybridized carbons (Fsp3) is 0.118. The first-order valence-corrected chi connectivity index (χ1v) is 14.3. The molecular weight excluding hydrogens is 560 g/mol. The SMILES string of the molecule is Cc1ccc(C(=O)Nc2cccc(/C=c3\s/c(=C(/C#N)C(=O)NCc4ccco4)n(-c4c(C)cccc4C)c3=O)c2)cc1. The van der Waals surface area contributed by atoms with Gasteiger partial charge in [0.05, 0.1) is 23.0 Å². The van der Waals surface area contributed by atoms with E-state index in [1.54, 1.807) is 48.5 Å². The number of aryl methyl sites for hydroxylation is 3. The van der Waals surface area contributed by atoms with E-state index in [9.17, 15) is 19.6 Å². The van der Waals surface area contributed by atoms with Crippen molar-refractivity contribution < 1.29 is 14.0 Å². The highest BCUT2D eigenvalue weighted by molar-refractivity contribution is 7.07. The Kier molecular flexibility index (Phi) is 8.51. The molecular formula is C34H28N4O4S. The van der Waals surface area contributed by atoms with Gasteiger partial charge >= 0.3 is 0 Å². The molecule has 0 saturated carbocycles. The van der Waals surface area contributed by atoms with Gasteiger partial charge in [-0.1, -0.05) is 48.0 Å². The number of carbonyl (C=O) groups is 2. The van der Waals surface area contributed by atoms with Crippen LogP contribution in [0.25, 0.3) is 17.3 Å². The molecule has 2 aromatic heterocycles. The molecule has 2 amide bonds. The zero-order valence-electron chi connectivity index (χ0n) is 23.8. The average molecular weight is 589 g/mol. The van der Waals surface area contributed by atoms with Crippen LogP contribution in [0.3, 0.4) is 0 Å². The highest BCUT2D eigenvalue weighted by Crippen LogP contribution is 2.17. The number of amides is 2. The largest absolute Gasteiger partial charge is 0.467 e. The first-order chi connectivity index (χ1) is 20.7. The number of rotatable bonds is 7. The second-order valence-electron chi connectivity index (χ2n) is 9.99. The molecule has 0 unspecified atom stereocenters. The topological polar surface area (TPSA) is 117 Å². The number of anilines is 1. The lowest BCUT2D eigenvalue weighted by molar-refractivity contribution is -0.115. The summed E-state index contributed by atoms with van der Waals surface area (Å²) in [7, 11) is 0. The fourth-order valence-corrected chi connectivity index (χ4v) is 5.73. The number of nitrogens with one attached hydrogen (secondary N) is 2. The Hall–Kier alpha value is -5.46. The molecule has 0 spiro atoms. The number of nitrogens with zero attached hydrogens (tertiary/aromatic N) is 2. The van der Waals surface area contributed by atoms with E-state index in [4.69, 9.17) is 4.42 Å². The Morgan fingerprint density at radius 2 is 1.70 bits per heavy atom. The predicted molar refractivity (Wildman–Crippen MR) is 167 cm³/mol. The Morgan fingerprint density at radius 3 is 2.37 bits per heavy atom. The van der Waals surface area contributed by atoms with E-state index in [0.29, 0.717) is 32.8 Å². The number of nitriles is 1. The molecule has 43 heavy (non-hydrogen) atoms. The van der Waals surface area contributed by atoms with Gasteiger partial charge in [0.2, 0.25) is 0 Å². The van der Waals surface area contributed by atoms with Crippen molar-refractivity contribution in [2.75, 3.05) is 5.32 Å². The van der Waals surface area contributed by atoms with Crippen molar-refractivity contribution in [1.82, 2.24) is 9.88 Å². The number of thiazole rings is 1. The lowest BCUT2D eigenvalue weighted by Gasteiger charge is -2.11. The van der Waals surface area contributed by atoms with Crippen molar-refractivity contribution >= 4 is 40.5 Å². The van der Waals surface area contributed by atoms with Crippen molar-refractivity contribution in [2.24, 2.45) is 0 Å². The maximum Gasteiger partial charge on any atom is 0.273 e. The molecule has 0 aliphatic carbocycles. The van der Waals surface area contributed by atoms with Gasteiger partial charge in [-0.15, -0.1) is 11.3 Å². The maximum atomic E-state index is 14.0. The molecule has 0 bridgehead atoms. The number of hydrogen-bond acceptors (Lipinski definition) is 6. The quantitative estimate of drug-likeness (QED) is 0.291. The van der Waals surface area contributed by atoms with Gasteiger partial charge in [0.25, 0.3) is 17.4 Å². The summed E-state index contributed by atoms with van der Waals surface area (Å²) < 4.78 is 7.27. The lowest BCUT2D eigenvalue weighted by Crippen LogP contribution is -2.34. The van der Waals surface area contributed by atoms with Crippen molar-refractivity contribution in [3.8, 4) is 11.8 Å². The van der Waals surface area contributed by atoms with Gasteiger partial charge in [-0.2, -0.15) is 5.26 Å². The Bertz CT molecular complexity index is 2030. The third-order valence-electron chi connectivity index (χ3n) is 6.80. The predicted octanol–water partition coefficient (Wildman–Crippen LogP) is 4.49. The smallest absolute Gasteiger partial charge is 0.273 e. The second-order valence-corrected chi connectivity index (χ2v) is 11.0. The third kappa shape index (κ3) is 6.40. The van der Waals surface area contributed by atoms with Gasteiger partial charge in [-0.25, -0.2) is 0 Å². The Labute approximate surface area is 251 Å². The summed E-state index contributed by atoms with van der Waals surface area (Å²) in [6.45, 7) is 5.80. The summed E-state index contributed by atoms with van der Waals surface area (Å²) >= 11 is 1.06. The summed E-state index contributed by atoms with van der Waals surface area (Å²) in [6, 6.07) is 25.5. The molecule has 2 heterocycles. The maximum absolute atomic E-state index is 14.0. The van der Waals surface area contributed by atoms with Gasteiger partial charge in [-0.3, -0.25) is 19.0 Å². The molecule has 2 N–H and O–H groups in total. The van der Waals surface area contributed by atoms with E-state index in [1.807, 2.05) is 63.2 Å². The van der Waals surface area contributed by atoms with Gasteiger partial charge in [-0.05, 0) is 79.9 Å². The monoisotopic (exact) mass is 588 g/mol. The molecule has 5 aromatic rings. The third-order valence-corrected chi connectivity index (χ3v) is 7.89. The summed E-state index contributed by atoms with van der Waals surface area (Å²) in [5.41, 5.74) is 4.53. The molecule has 9 heteroatoms. The van der Waals surface area contributed by atoms with Crippen molar-refractivity contribution in [2.45, 2.75) is 27.3 Å². The molecule has 3 aromatic carbocycles. The molecule has 0 aliphatic heterocycles. The van der Waals surface area contributed by atoms with Crippen LogP contribution in [0.2, 0.25) is 0 Å². The summed E-state index contributed by atoms with van der Waals surface area (Å²) in [5, 5.41) is 15.7. The molecule has 214 valence electrons. The van der Waals surface area contributed by atoms with Crippen LogP contribution >= 0.6 is 11.3 Å². The minimum atomic E-state index is -0.618. The number of carbonyl (C=O) groups excluding carboxylic acids is 2. The molecule has 0 fully saturated rings. The number of para-hydroxylation sites is 1. The molecule has 8 nitrogen and oxygen atoms in total. The van der Waals surface area contributed by atoms with E-state index in [-0.39, 0.29) is 28.2 Å². The highest BCUT2D eigenvalue weighted by Gasteiger charge is 2.19. The van der Waals surface area contributed by atoms with E-state index in [0.717, 1.165) is 28.0 Å². The molecule has 0 atom stereocenters. The zero-order chi connectivity index (χ0) is 30.5. The van der Waals surface area contributed by atoms with Crippen molar-refractivity contribution in [3.05, 3.63) is 138 Å². The van der Waals surface area contributed by atoms with E-state index >= 15 is 0 Å².